The SMILES string of the molecule is COc1c(F)cc(C2CCOCC2)cc1B(O)O. The van der Waals surface area contributed by atoms with Crippen molar-refractivity contribution >= 4 is 12.6 Å². The summed E-state index contributed by atoms with van der Waals surface area (Å²) in [5, 5.41) is 18.5. The summed E-state index contributed by atoms with van der Waals surface area (Å²) in [4.78, 5) is 0. The van der Waals surface area contributed by atoms with Gasteiger partial charge in [0.15, 0.2) is 11.6 Å². The largest absolute Gasteiger partial charge is 0.494 e. The lowest BCUT2D eigenvalue weighted by Crippen LogP contribution is -2.32. The maximum atomic E-state index is 13.8. The Balaban J connectivity index is 2.37. The molecule has 0 saturated carbocycles. The van der Waals surface area contributed by atoms with Crippen LogP contribution in [0.5, 0.6) is 5.75 Å². The minimum Gasteiger partial charge on any atom is -0.494 e. The predicted molar refractivity (Wildman–Crippen MR) is 65.6 cm³/mol. The van der Waals surface area contributed by atoms with E-state index in [0.717, 1.165) is 18.4 Å². The van der Waals surface area contributed by atoms with Gasteiger partial charge in [0.05, 0.1) is 7.11 Å². The van der Waals surface area contributed by atoms with Crippen LogP contribution in [0.4, 0.5) is 4.39 Å². The zero-order valence-corrected chi connectivity index (χ0v) is 10.2. The second kappa shape index (κ2) is 5.69. The van der Waals surface area contributed by atoms with Crippen molar-refractivity contribution in [3.8, 4) is 5.75 Å². The number of hydrogen-bond acceptors (Lipinski definition) is 4. The molecule has 1 saturated heterocycles. The van der Waals surface area contributed by atoms with Gasteiger partial charge in [-0.15, -0.1) is 0 Å². The van der Waals surface area contributed by atoms with Gasteiger partial charge in [-0.25, -0.2) is 4.39 Å². The highest BCUT2D eigenvalue weighted by molar-refractivity contribution is 6.59. The van der Waals surface area contributed by atoms with Crippen molar-refractivity contribution in [3.63, 3.8) is 0 Å². The fraction of sp³-hybridized carbons (Fsp3) is 0.500. The summed E-state index contributed by atoms with van der Waals surface area (Å²) >= 11 is 0. The summed E-state index contributed by atoms with van der Waals surface area (Å²) in [6, 6.07) is 3.00. The molecule has 1 aliphatic rings. The van der Waals surface area contributed by atoms with Crippen molar-refractivity contribution in [2.75, 3.05) is 20.3 Å². The van der Waals surface area contributed by atoms with E-state index in [9.17, 15) is 14.4 Å². The Labute approximate surface area is 105 Å². The predicted octanol–water partition coefficient (Wildman–Crippen LogP) is 0.408. The normalized spacial score (nSPS) is 16.7. The van der Waals surface area contributed by atoms with Gasteiger partial charge in [-0.2, -0.15) is 0 Å². The summed E-state index contributed by atoms with van der Waals surface area (Å²) in [7, 11) is -0.437. The standard InChI is InChI=1S/C12H16BFO4/c1-17-12-10(13(15)16)6-9(7-11(12)14)8-2-4-18-5-3-8/h6-8,15-16H,2-5H2,1H3. The molecule has 0 bridgehead atoms. The molecule has 0 amide bonds. The first-order valence-corrected chi connectivity index (χ1v) is 5.94. The first-order chi connectivity index (χ1) is 8.63. The molecule has 0 atom stereocenters. The first-order valence-electron chi connectivity index (χ1n) is 5.94. The lowest BCUT2D eigenvalue weighted by atomic mass is 9.76. The van der Waals surface area contributed by atoms with Crippen LogP contribution in [0.1, 0.15) is 24.3 Å². The van der Waals surface area contributed by atoms with E-state index in [2.05, 4.69) is 0 Å². The van der Waals surface area contributed by atoms with Crippen LogP contribution in [0.15, 0.2) is 12.1 Å². The van der Waals surface area contributed by atoms with Gasteiger partial charge < -0.3 is 19.5 Å². The average Bonchev–Trinajstić information content (AvgIpc) is 2.38. The quantitative estimate of drug-likeness (QED) is 0.767. The molecule has 1 aromatic rings. The van der Waals surface area contributed by atoms with Crippen LogP contribution in [0.25, 0.3) is 0 Å². The molecule has 6 heteroatoms. The Bertz CT molecular complexity index is 419. The fourth-order valence-corrected chi connectivity index (χ4v) is 2.31. The van der Waals surface area contributed by atoms with E-state index in [1.165, 1.54) is 13.2 Å². The van der Waals surface area contributed by atoms with Crippen molar-refractivity contribution in [2.45, 2.75) is 18.8 Å². The third-order valence-corrected chi connectivity index (χ3v) is 3.27. The highest BCUT2D eigenvalue weighted by atomic mass is 19.1. The topological polar surface area (TPSA) is 58.9 Å². The molecular weight excluding hydrogens is 238 g/mol. The van der Waals surface area contributed by atoms with Gasteiger partial charge in [0, 0.05) is 18.7 Å². The molecule has 1 aromatic carbocycles. The summed E-state index contributed by atoms with van der Waals surface area (Å²) in [5.74, 6) is -0.484. The van der Waals surface area contributed by atoms with E-state index in [4.69, 9.17) is 9.47 Å². The second-order valence-electron chi connectivity index (χ2n) is 4.39. The number of ether oxygens (including phenoxy) is 2. The number of rotatable bonds is 3. The minimum absolute atomic E-state index is 0.0685. The highest BCUT2D eigenvalue weighted by Crippen LogP contribution is 2.29. The molecule has 2 N–H and O–H groups in total. The maximum Gasteiger partial charge on any atom is 0.492 e. The maximum absolute atomic E-state index is 13.8. The third kappa shape index (κ3) is 2.66. The molecule has 0 aromatic heterocycles. The van der Waals surface area contributed by atoms with E-state index < -0.39 is 12.9 Å². The second-order valence-corrected chi connectivity index (χ2v) is 4.39. The van der Waals surface area contributed by atoms with Crippen LogP contribution in [0.3, 0.4) is 0 Å². The van der Waals surface area contributed by atoms with Gasteiger partial charge in [-0.1, -0.05) is 6.07 Å². The van der Waals surface area contributed by atoms with Crippen molar-refractivity contribution in [2.24, 2.45) is 0 Å². The van der Waals surface area contributed by atoms with Crippen molar-refractivity contribution in [1.29, 1.82) is 0 Å². The molecule has 1 heterocycles. The summed E-state index contributed by atoms with van der Waals surface area (Å²) in [6.45, 7) is 1.30. The molecule has 0 radical (unpaired) electrons. The molecule has 1 fully saturated rings. The number of halogens is 1. The molecule has 0 unspecified atom stereocenters. The number of benzene rings is 1. The smallest absolute Gasteiger partial charge is 0.492 e. The first kappa shape index (κ1) is 13.3. The molecule has 4 nitrogen and oxygen atoms in total. The van der Waals surface area contributed by atoms with E-state index in [0.29, 0.717) is 13.2 Å². The summed E-state index contributed by atoms with van der Waals surface area (Å²) in [5.41, 5.74) is 0.832. The minimum atomic E-state index is -1.74. The fourth-order valence-electron chi connectivity index (χ4n) is 2.31. The highest BCUT2D eigenvalue weighted by Gasteiger charge is 2.24. The molecule has 18 heavy (non-hydrogen) atoms. The Kier molecular flexibility index (Phi) is 4.21. The van der Waals surface area contributed by atoms with Crippen LogP contribution in [-0.4, -0.2) is 37.5 Å². The van der Waals surface area contributed by atoms with Gasteiger partial charge in [0.1, 0.15) is 0 Å². The third-order valence-electron chi connectivity index (χ3n) is 3.27. The Morgan fingerprint density at radius 3 is 2.56 bits per heavy atom. The zero-order chi connectivity index (χ0) is 13.1. The molecular formula is C12H16BFO4. The van der Waals surface area contributed by atoms with E-state index in [1.807, 2.05) is 0 Å². The van der Waals surface area contributed by atoms with Crippen molar-refractivity contribution in [1.82, 2.24) is 0 Å². The van der Waals surface area contributed by atoms with Crippen molar-refractivity contribution in [3.05, 3.63) is 23.5 Å². The van der Waals surface area contributed by atoms with Crippen LogP contribution in [-0.2, 0) is 4.74 Å². The van der Waals surface area contributed by atoms with Gasteiger partial charge in [0.25, 0.3) is 0 Å². The molecule has 0 aliphatic carbocycles. The van der Waals surface area contributed by atoms with Crippen molar-refractivity contribution < 1.29 is 23.9 Å². The van der Waals surface area contributed by atoms with E-state index >= 15 is 0 Å². The number of methoxy groups -OCH3 is 1. The molecule has 0 spiro atoms. The Morgan fingerprint density at radius 1 is 1.33 bits per heavy atom. The van der Waals surface area contributed by atoms with Gasteiger partial charge >= 0.3 is 7.12 Å². The molecule has 1 aliphatic heterocycles. The van der Waals surface area contributed by atoms with Crippen LogP contribution in [0.2, 0.25) is 0 Å². The average molecular weight is 254 g/mol. The summed E-state index contributed by atoms with van der Waals surface area (Å²) < 4.78 is 24.0. The van der Waals surface area contributed by atoms with Crippen LogP contribution in [0, 0.1) is 5.82 Å². The molecule has 98 valence electrons. The molecule has 2 rings (SSSR count). The summed E-state index contributed by atoms with van der Waals surface area (Å²) in [6.07, 6.45) is 1.62. The Hall–Kier alpha value is -1.11. The lowest BCUT2D eigenvalue weighted by Gasteiger charge is -2.23. The van der Waals surface area contributed by atoms with Gasteiger partial charge in [-0.3, -0.25) is 0 Å². The zero-order valence-electron chi connectivity index (χ0n) is 10.2. The number of hydrogen-bond donors (Lipinski definition) is 2. The van der Waals surface area contributed by atoms with Gasteiger partial charge in [-0.05, 0) is 30.4 Å². The Morgan fingerprint density at radius 2 is 2.00 bits per heavy atom. The van der Waals surface area contributed by atoms with E-state index in [-0.39, 0.29) is 17.1 Å². The monoisotopic (exact) mass is 254 g/mol. The van der Waals surface area contributed by atoms with Crippen LogP contribution < -0.4 is 10.2 Å². The van der Waals surface area contributed by atoms with E-state index in [1.54, 1.807) is 6.07 Å². The van der Waals surface area contributed by atoms with Crippen LogP contribution >= 0.6 is 0 Å². The lowest BCUT2D eigenvalue weighted by molar-refractivity contribution is 0.0853. The van der Waals surface area contributed by atoms with Gasteiger partial charge in [0.2, 0.25) is 0 Å².